The quantitative estimate of drug-likeness (QED) is 0.229. The fraction of sp³-hybridized carbons (Fsp3) is 0.394. The molecule has 7 heteroatoms. The number of alkyl carbamates (subject to hydrolysis) is 1. The Labute approximate surface area is 238 Å². The van der Waals surface area contributed by atoms with Gasteiger partial charge in [0.05, 0.1) is 24.7 Å². The molecule has 40 heavy (non-hydrogen) atoms. The van der Waals surface area contributed by atoms with Crippen LogP contribution in [0.1, 0.15) is 61.9 Å². The van der Waals surface area contributed by atoms with E-state index in [1.165, 1.54) is 5.56 Å². The van der Waals surface area contributed by atoms with Crippen LogP contribution in [0.4, 0.5) is 10.5 Å². The van der Waals surface area contributed by atoms with E-state index in [9.17, 15) is 14.7 Å². The Hall–Kier alpha value is -3.84. The van der Waals surface area contributed by atoms with Crippen LogP contribution in [-0.2, 0) is 16.0 Å². The van der Waals surface area contributed by atoms with E-state index in [2.05, 4.69) is 28.1 Å². The molecule has 214 valence electrons. The van der Waals surface area contributed by atoms with Gasteiger partial charge < -0.3 is 25.8 Å². The van der Waals surface area contributed by atoms with Crippen molar-refractivity contribution in [2.24, 2.45) is 0 Å². The molecule has 0 radical (unpaired) electrons. The number of carbonyl (C=O) groups excluding carboxylic acids is 2. The predicted octanol–water partition coefficient (Wildman–Crippen LogP) is 5.85. The number of anilines is 1. The van der Waals surface area contributed by atoms with Gasteiger partial charge in [0, 0.05) is 5.69 Å². The molecule has 0 aliphatic carbocycles. The molecular weight excluding hydrogens is 502 g/mol. The molecule has 3 aromatic rings. The van der Waals surface area contributed by atoms with Gasteiger partial charge in [0.25, 0.3) is 0 Å². The second-order valence-corrected chi connectivity index (χ2v) is 11.2. The normalized spacial score (nSPS) is 13.6. The van der Waals surface area contributed by atoms with Crippen molar-refractivity contribution in [1.82, 2.24) is 10.6 Å². The van der Waals surface area contributed by atoms with Crippen LogP contribution >= 0.6 is 0 Å². The Bertz CT molecular complexity index is 1210. The van der Waals surface area contributed by atoms with Crippen molar-refractivity contribution in [3.8, 4) is 0 Å². The van der Waals surface area contributed by atoms with E-state index in [4.69, 9.17) is 4.74 Å². The summed E-state index contributed by atoms with van der Waals surface area (Å²) in [5.41, 5.74) is 4.22. The molecule has 2 amide bonds. The maximum Gasteiger partial charge on any atom is 0.408 e. The van der Waals surface area contributed by atoms with E-state index in [1.54, 1.807) is 20.8 Å². The van der Waals surface area contributed by atoms with Gasteiger partial charge in [-0.3, -0.25) is 4.79 Å². The van der Waals surface area contributed by atoms with Gasteiger partial charge in [-0.25, -0.2) is 4.79 Å². The SMILES string of the molecule is Cc1cccc(C)c1NCC(=O)NC(C(O)CCCc1ccccc1)C(NC(=O)OC(C)(C)C)c1ccccc1. The summed E-state index contributed by atoms with van der Waals surface area (Å²) in [5, 5.41) is 20.6. The molecule has 0 spiro atoms. The lowest BCUT2D eigenvalue weighted by Gasteiger charge is -2.33. The molecule has 0 fully saturated rings. The van der Waals surface area contributed by atoms with Gasteiger partial charge in [0.2, 0.25) is 5.91 Å². The van der Waals surface area contributed by atoms with Crippen molar-refractivity contribution in [1.29, 1.82) is 0 Å². The molecule has 0 heterocycles. The Morgan fingerprint density at radius 3 is 2.05 bits per heavy atom. The van der Waals surface area contributed by atoms with Crippen LogP contribution in [0.15, 0.2) is 78.9 Å². The minimum Gasteiger partial charge on any atom is -0.444 e. The van der Waals surface area contributed by atoms with Gasteiger partial charge in [-0.15, -0.1) is 0 Å². The van der Waals surface area contributed by atoms with Crippen molar-refractivity contribution in [3.05, 3.63) is 101 Å². The number of hydrogen-bond donors (Lipinski definition) is 4. The molecule has 3 rings (SSSR count). The summed E-state index contributed by atoms with van der Waals surface area (Å²) in [5.74, 6) is -0.290. The first-order chi connectivity index (χ1) is 19.0. The fourth-order valence-electron chi connectivity index (χ4n) is 4.72. The third-order valence-electron chi connectivity index (χ3n) is 6.65. The van der Waals surface area contributed by atoms with Gasteiger partial charge in [-0.1, -0.05) is 78.9 Å². The second kappa shape index (κ2) is 14.5. The van der Waals surface area contributed by atoms with Crippen LogP contribution in [0.25, 0.3) is 0 Å². The zero-order valence-electron chi connectivity index (χ0n) is 24.2. The van der Waals surface area contributed by atoms with Gasteiger partial charge in [-0.05, 0) is 76.1 Å². The number of amides is 2. The number of benzene rings is 3. The first-order valence-electron chi connectivity index (χ1n) is 13.9. The van der Waals surface area contributed by atoms with Crippen LogP contribution in [-0.4, -0.2) is 41.4 Å². The third kappa shape index (κ3) is 9.72. The summed E-state index contributed by atoms with van der Waals surface area (Å²) in [7, 11) is 0. The van der Waals surface area contributed by atoms with E-state index < -0.39 is 29.9 Å². The first-order valence-corrected chi connectivity index (χ1v) is 13.9. The molecular formula is C33H43N3O4. The first kappa shape index (κ1) is 30.7. The number of hydrogen-bond acceptors (Lipinski definition) is 5. The van der Waals surface area contributed by atoms with Crippen LogP contribution in [0.3, 0.4) is 0 Å². The number of ether oxygens (including phenoxy) is 1. The van der Waals surface area contributed by atoms with Gasteiger partial charge in [-0.2, -0.15) is 0 Å². The van der Waals surface area contributed by atoms with E-state index >= 15 is 0 Å². The zero-order chi connectivity index (χ0) is 29.1. The number of carbonyl (C=O) groups is 2. The van der Waals surface area contributed by atoms with Crippen LogP contribution in [0.5, 0.6) is 0 Å². The maximum atomic E-state index is 13.3. The van der Waals surface area contributed by atoms with Gasteiger partial charge in [0.15, 0.2) is 0 Å². The number of aliphatic hydroxyl groups is 1. The number of aliphatic hydroxyl groups excluding tert-OH is 1. The average molecular weight is 546 g/mol. The molecule has 0 aromatic heterocycles. The third-order valence-corrected chi connectivity index (χ3v) is 6.65. The Morgan fingerprint density at radius 2 is 1.45 bits per heavy atom. The minimum atomic E-state index is -0.923. The molecule has 0 aliphatic rings. The fourth-order valence-corrected chi connectivity index (χ4v) is 4.72. The highest BCUT2D eigenvalue weighted by atomic mass is 16.6. The minimum absolute atomic E-state index is 0.0207. The average Bonchev–Trinajstić information content (AvgIpc) is 2.90. The summed E-state index contributed by atoms with van der Waals surface area (Å²) in [4.78, 5) is 26.2. The lowest BCUT2D eigenvalue weighted by Crippen LogP contribution is -2.54. The summed E-state index contributed by atoms with van der Waals surface area (Å²) in [6, 6.07) is 23.9. The van der Waals surface area contributed by atoms with Crippen molar-refractivity contribution >= 4 is 17.7 Å². The lowest BCUT2D eigenvalue weighted by atomic mass is 9.91. The van der Waals surface area contributed by atoms with E-state index in [0.717, 1.165) is 28.8 Å². The Balaban J connectivity index is 1.82. The molecule has 0 bridgehead atoms. The molecule has 0 saturated heterocycles. The summed E-state index contributed by atoms with van der Waals surface area (Å²) >= 11 is 0. The molecule has 0 saturated carbocycles. The molecule has 0 aliphatic heterocycles. The van der Waals surface area contributed by atoms with Gasteiger partial charge in [0.1, 0.15) is 5.60 Å². The van der Waals surface area contributed by atoms with Crippen LogP contribution in [0.2, 0.25) is 0 Å². The van der Waals surface area contributed by atoms with Crippen molar-refractivity contribution in [2.75, 3.05) is 11.9 Å². The summed E-state index contributed by atoms with van der Waals surface area (Å²) in [6.07, 6.45) is 0.399. The topological polar surface area (TPSA) is 99.7 Å². The number of para-hydroxylation sites is 1. The maximum absolute atomic E-state index is 13.3. The number of rotatable bonds is 12. The molecule has 3 atom stereocenters. The second-order valence-electron chi connectivity index (χ2n) is 11.2. The van der Waals surface area contributed by atoms with E-state index in [-0.39, 0.29) is 12.5 Å². The lowest BCUT2D eigenvalue weighted by molar-refractivity contribution is -0.121. The van der Waals surface area contributed by atoms with Crippen molar-refractivity contribution in [2.45, 2.75) is 77.7 Å². The monoisotopic (exact) mass is 545 g/mol. The Kier molecular flexibility index (Phi) is 11.1. The smallest absolute Gasteiger partial charge is 0.408 e. The van der Waals surface area contributed by atoms with E-state index in [0.29, 0.717) is 12.8 Å². The highest BCUT2D eigenvalue weighted by Gasteiger charge is 2.33. The molecule has 3 unspecified atom stereocenters. The summed E-state index contributed by atoms with van der Waals surface area (Å²) < 4.78 is 5.54. The molecule has 3 aromatic carbocycles. The highest BCUT2D eigenvalue weighted by molar-refractivity contribution is 5.82. The van der Waals surface area contributed by atoms with Crippen LogP contribution in [0, 0.1) is 13.8 Å². The standard InChI is InChI=1S/C33H43N3O4/c1-23-14-12-15-24(2)29(23)34-22-28(38)35-31(27(37)21-13-18-25-16-8-6-9-17-25)30(26-19-10-7-11-20-26)36-32(39)40-33(3,4)5/h6-12,14-17,19-20,27,30-31,34,37H,13,18,21-22H2,1-5H3,(H,35,38)(H,36,39). The van der Waals surface area contributed by atoms with E-state index in [1.807, 2.05) is 80.6 Å². The van der Waals surface area contributed by atoms with Crippen molar-refractivity contribution < 1.29 is 19.4 Å². The predicted molar refractivity (Wildman–Crippen MR) is 160 cm³/mol. The number of aryl methyl sites for hydroxylation is 3. The van der Waals surface area contributed by atoms with Crippen LogP contribution < -0.4 is 16.0 Å². The summed E-state index contributed by atoms with van der Waals surface area (Å²) in [6.45, 7) is 9.38. The Morgan fingerprint density at radius 1 is 0.850 bits per heavy atom. The molecule has 4 N–H and O–H groups in total. The zero-order valence-corrected chi connectivity index (χ0v) is 24.2. The van der Waals surface area contributed by atoms with Gasteiger partial charge >= 0.3 is 6.09 Å². The largest absolute Gasteiger partial charge is 0.444 e. The highest BCUT2D eigenvalue weighted by Crippen LogP contribution is 2.24. The number of nitrogens with one attached hydrogen (secondary N) is 3. The molecule has 7 nitrogen and oxygen atoms in total. The van der Waals surface area contributed by atoms with Crippen molar-refractivity contribution in [3.63, 3.8) is 0 Å².